The van der Waals surface area contributed by atoms with Gasteiger partial charge in [0.15, 0.2) is 0 Å². The predicted octanol–water partition coefficient (Wildman–Crippen LogP) is 3.80. The Balaban J connectivity index is 0.000000203. The number of halogens is 1. The van der Waals surface area contributed by atoms with Crippen LogP contribution >= 0.6 is 23.4 Å². The molecule has 2 fully saturated rings. The van der Waals surface area contributed by atoms with E-state index in [4.69, 9.17) is 11.6 Å². The van der Waals surface area contributed by atoms with Crippen LogP contribution in [0.5, 0.6) is 0 Å². The van der Waals surface area contributed by atoms with E-state index >= 15 is 0 Å². The zero-order valence-corrected chi connectivity index (χ0v) is 15.9. The Hall–Kier alpha value is -0.220. The van der Waals surface area contributed by atoms with E-state index in [1.807, 2.05) is 11.5 Å². The maximum absolute atomic E-state index is 10.4. The highest BCUT2D eigenvalue weighted by atomic mass is 35.5. The fourth-order valence-electron chi connectivity index (χ4n) is 3.11. The molecule has 1 saturated carbocycles. The van der Waals surface area contributed by atoms with Gasteiger partial charge in [0.05, 0.1) is 5.60 Å². The number of thioether (sulfide) groups is 1. The van der Waals surface area contributed by atoms with Gasteiger partial charge < -0.3 is 14.9 Å². The lowest BCUT2D eigenvalue weighted by Crippen LogP contribution is -2.42. The molecule has 0 unspecified atom stereocenters. The first-order chi connectivity index (χ1) is 11.0. The van der Waals surface area contributed by atoms with Crippen molar-refractivity contribution in [2.45, 2.75) is 44.1 Å². The summed E-state index contributed by atoms with van der Waals surface area (Å²) in [5.41, 5.74) is 3.65. The topological polar surface area (TPSA) is 26.7 Å². The van der Waals surface area contributed by atoms with Crippen LogP contribution in [0.2, 0.25) is 0 Å². The molecule has 0 spiro atoms. The lowest BCUT2D eigenvalue weighted by Gasteiger charge is -2.32. The van der Waals surface area contributed by atoms with Crippen LogP contribution in [0.15, 0.2) is 27.2 Å². The van der Waals surface area contributed by atoms with Crippen LogP contribution in [0.4, 0.5) is 0 Å². The number of likely N-dealkylation sites (N-methyl/N-ethyl adjacent to an activating group) is 2. The molecule has 130 valence electrons. The molecule has 3 nitrogen and oxygen atoms in total. The van der Waals surface area contributed by atoms with Crippen molar-refractivity contribution in [3.8, 4) is 0 Å². The Bertz CT molecular complexity index is 461. The summed E-state index contributed by atoms with van der Waals surface area (Å²) in [6, 6.07) is 0. The summed E-state index contributed by atoms with van der Waals surface area (Å²) in [4.78, 5) is 4.72. The minimum atomic E-state index is -0.480. The van der Waals surface area contributed by atoms with Crippen LogP contribution in [0, 0.1) is 0 Å². The van der Waals surface area contributed by atoms with E-state index in [1.54, 1.807) is 0 Å². The Kier molecular flexibility index (Phi) is 7.74. The van der Waals surface area contributed by atoms with Crippen LogP contribution in [-0.2, 0) is 0 Å². The van der Waals surface area contributed by atoms with Crippen molar-refractivity contribution < 1.29 is 5.11 Å². The molecule has 1 N–H and O–H groups in total. The largest absolute Gasteiger partial charge is 0.390 e. The smallest absolute Gasteiger partial charge is 0.120 e. The zero-order chi connectivity index (χ0) is 16.7. The van der Waals surface area contributed by atoms with Gasteiger partial charge in [-0.2, -0.15) is 0 Å². The third-order valence-corrected chi connectivity index (χ3v) is 5.85. The van der Waals surface area contributed by atoms with Crippen LogP contribution in [0.3, 0.4) is 0 Å². The molecular formula is C18H29ClN2OS. The quantitative estimate of drug-likeness (QED) is 0.761. The molecule has 1 aliphatic carbocycles. The number of hydrogen-bond acceptors (Lipinski definition) is 4. The Morgan fingerprint density at radius 2 is 1.70 bits per heavy atom. The highest BCUT2D eigenvalue weighted by molar-refractivity contribution is 8.07. The summed E-state index contributed by atoms with van der Waals surface area (Å²) in [5, 5.41) is 12.4. The van der Waals surface area contributed by atoms with E-state index in [0.717, 1.165) is 37.7 Å². The van der Waals surface area contributed by atoms with E-state index in [1.165, 1.54) is 44.4 Å². The molecule has 3 rings (SSSR count). The van der Waals surface area contributed by atoms with Gasteiger partial charge in [0.25, 0.3) is 0 Å². The van der Waals surface area contributed by atoms with Crippen molar-refractivity contribution in [2.24, 2.45) is 0 Å². The third kappa shape index (κ3) is 7.04. The number of nitrogens with zero attached hydrogens (tertiary/aromatic N) is 2. The second-order valence-corrected chi connectivity index (χ2v) is 8.42. The second-order valence-electron chi connectivity index (χ2n) is 6.94. The van der Waals surface area contributed by atoms with E-state index in [9.17, 15) is 5.11 Å². The van der Waals surface area contributed by atoms with E-state index in [2.05, 4.69) is 29.6 Å². The summed E-state index contributed by atoms with van der Waals surface area (Å²) in [5.74, 6) is 0. The van der Waals surface area contributed by atoms with Crippen LogP contribution in [-0.4, -0.2) is 60.8 Å². The zero-order valence-electron chi connectivity index (χ0n) is 14.4. The molecular weight excluding hydrogens is 328 g/mol. The van der Waals surface area contributed by atoms with E-state index in [0.29, 0.717) is 4.36 Å². The molecule has 23 heavy (non-hydrogen) atoms. The number of rotatable bonds is 2. The van der Waals surface area contributed by atoms with Gasteiger partial charge in [-0.1, -0.05) is 48.4 Å². The second kappa shape index (κ2) is 9.31. The number of hydrogen-bond donors (Lipinski definition) is 1. The fraction of sp³-hybridized carbons (Fsp3) is 0.722. The lowest BCUT2D eigenvalue weighted by atomic mass is 9.80. The van der Waals surface area contributed by atoms with Gasteiger partial charge in [-0.05, 0) is 44.0 Å². The van der Waals surface area contributed by atoms with Gasteiger partial charge in [-0.25, -0.2) is 0 Å². The van der Waals surface area contributed by atoms with Crippen molar-refractivity contribution in [1.82, 2.24) is 9.80 Å². The van der Waals surface area contributed by atoms with Gasteiger partial charge in [-0.15, -0.1) is 0 Å². The highest BCUT2D eigenvalue weighted by Gasteiger charge is 2.29. The minimum Gasteiger partial charge on any atom is -0.390 e. The lowest BCUT2D eigenvalue weighted by molar-refractivity contribution is 0.00530. The summed E-state index contributed by atoms with van der Waals surface area (Å²) in [6.45, 7) is 4.93. The molecule has 0 radical (unpaired) electrons. The molecule has 0 aromatic heterocycles. The van der Waals surface area contributed by atoms with Gasteiger partial charge in [-0.3, -0.25) is 0 Å². The van der Waals surface area contributed by atoms with Crippen LogP contribution in [0.1, 0.15) is 38.5 Å². The van der Waals surface area contributed by atoms with E-state index in [-0.39, 0.29) is 0 Å². The first-order valence-electron chi connectivity index (χ1n) is 8.54. The molecule has 1 saturated heterocycles. The molecule has 0 aromatic rings. The van der Waals surface area contributed by atoms with Crippen LogP contribution in [0.25, 0.3) is 0 Å². The Morgan fingerprint density at radius 3 is 2.17 bits per heavy atom. The molecule has 0 atom stereocenters. The number of piperazine rings is 1. The van der Waals surface area contributed by atoms with Gasteiger partial charge in [0.2, 0.25) is 0 Å². The standard InChI is InChI=1S/C12H15ClOS.C6H14N2/c13-11-5-4-10(9-15-11)8-12(14)6-2-1-3-7-12;1-7-3-5-8(2)6-4-7/h4,9,14H,1-3,6-8H2;3-6H2,1-2H3. The average molecular weight is 357 g/mol. The molecule has 0 amide bonds. The maximum Gasteiger partial charge on any atom is 0.120 e. The Morgan fingerprint density at radius 1 is 1.13 bits per heavy atom. The number of allylic oxidation sites excluding steroid dienone is 1. The van der Waals surface area contributed by atoms with Crippen molar-refractivity contribution in [2.75, 3.05) is 40.3 Å². The first kappa shape index (κ1) is 19.1. The summed E-state index contributed by atoms with van der Waals surface area (Å²) < 4.78 is 0.675. The minimum absolute atomic E-state index is 0.480. The molecule has 2 heterocycles. The van der Waals surface area contributed by atoms with Crippen molar-refractivity contribution >= 4 is 23.4 Å². The van der Waals surface area contributed by atoms with Crippen molar-refractivity contribution in [3.05, 3.63) is 27.2 Å². The molecule has 2 aliphatic heterocycles. The molecule has 5 heteroatoms. The predicted molar refractivity (Wildman–Crippen MR) is 101 cm³/mol. The number of aliphatic hydroxyl groups is 1. The maximum atomic E-state index is 10.4. The monoisotopic (exact) mass is 356 g/mol. The summed E-state index contributed by atoms with van der Waals surface area (Å²) in [7, 11) is 4.35. The average Bonchev–Trinajstić information content (AvgIpc) is 2.54. The fourth-order valence-corrected chi connectivity index (χ4v) is 3.83. The normalized spacial score (nSPS) is 25.2. The highest BCUT2D eigenvalue weighted by Crippen LogP contribution is 2.36. The van der Waals surface area contributed by atoms with Crippen molar-refractivity contribution in [1.29, 1.82) is 0 Å². The van der Waals surface area contributed by atoms with Gasteiger partial charge >= 0.3 is 0 Å². The molecule has 3 aliphatic rings. The summed E-state index contributed by atoms with van der Waals surface area (Å²) >= 11 is 7.27. The van der Waals surface area contributed by atoms with Crippen molar-refractivity contribution in [3.63, 3.8) is 0 Å². The molecule has 0 aromatic carbocycles. The van der Waals surface area contributed by atoms with Crippen LogP contribution < -0.4 is 0 Å². The molecule has 0 bridgehead atoms. The third-order valence-electron chi connectivity index (χ3n) is 4.73. The van der Waals surface area contributed by atoms with E-state index < -0.39 is 5.60 Å². The summed E-state index contributed by atoms with van der Waals surface area (Å²) in [6.07, 6.45) is 8.06. The SMILES string of the molecule is CN1CCN(C)CC1.OC1(CC2=CSC(Cl)=C=C2)CCCCC1. The Labute approximate surface area is 150 Å². The van der Waals surface area contributed by atoms with Gasteiger partial charge in [0, 0.05) is 32.6 Å². The van der Waals surface area contributed by atoms with Gasteiger partial charge in [0.1, 0.15) is 4.36 Å². The first-order valence-corrected chi connectivity index (χ1v) is 9.80.